The van der Waals surface area contributed by atoms with Crippen LogP contribution in [0.15, 0.2) is 0 Å². The van der Waals surface area contributed by atoms with Gasteiger partial charge in [-0.05, 0) is 37.8 Å². The fourth-order valence-corrected chi connectivity index (χ4v) is 1.29. The molecule has 0 spiro atoms. The van der Waals surface area contributed by atoms with Crippen molar-refractivity contribution in [3.63, 3.8) is 0 Å². The molecule has 0 amide bonds. The average Bonchev–Trinajstić information content (AvgIpc) is 2.12. The van der Waals surface area contributed by atoms with Crippen LogP contribution in [0.2, 0.25) is 0 Å². The van der Waals surface area contributed by atoms with Crippen molar-refractivity contribution in [1.29, 1.82) is 0 Å². The van der Waals surface area contributed by atoms with Crippen LogP contribution in [0.1, 0.15) is 40.0 Å². The average molecular weight is 216 g/mol. The van der Waals surface area contributed by atoms with Crippen LogP contribution in [0.25, 0.3) is 0 Å². The summed E-state index contributed by atoms with van der Waals surface area (Å²) < 4.78 is 4.66. The van der Waals surface area contributed by atoms with Crippen LogP contribution in [0.5, 0.6) is 0 Å². The second kappa shape index (κ2) is 8.08. The van der Waals surface area contributed by atoms with Gasteiger partial charge in [0.05, 0.1) is 13.2 Å². The van der Waals surface area contributed by atoms with Crippen LogP contribution < -0.4 is 5.32 Å². The highest BCUT2D eigenvalue weighted by Gasteiger charge is 2.08. The van der Waals surface area contributed by atoms with Crippen LogP contribution in [-0.2, 0) is 4.74 Å². The van der Waals surface area contributed by atoms with Gasteiger partial charge in [-0.2, -0.15) is 0 Å². The molecule has 0 bridgehead atoms. The zero-order valence-electron chi connectivity index (χ0n) is 10.4. The van der Waals surface area contributed by atoms with E-state index >= 15 is 0 Å². The van der Waals surface area contributed by atoms with E-state index in [-0.39, 0.29) is 6.10 Å². The first-order valence-corrected chi connectivity index (χ1v) is 5.71. The molecule has 2 N–H and O–H groups in total. The van der Waals surface area contributed by atoms with Crippen molar-refractivity contribution < 1.29 is 9.84 Å². The van der Waals surface area contributed by atoms with Crippen LogP contribution in [-0.4, -0.2) is 30.9 Å². The topological polar surface area (TPSA) is 41.5 Å². The van der Waals surface area contributed by atoms with Gasteiger partial charge in [0.15, 0.2) is 0 Å². The van der Waals surface area contributed by atoms with Crippen LogP contribution in [0, 0.1) is 12.5 Å². The van der Waals surface area contributed by atoms with E-state index < -0.39 is 0 Å². The van der Waals surface area contributed by atoms with Crippen molar-refractivity contribution in [3.8, 4) is 0 Å². The number of hydrogen-bond donors (Lipinski definition) is 2. The van der Waals surface area contributed by atoms with Crippen molar-refractivity contribution in [3.05, 3.63) is 7.11 Å². The maximum absolute atomic E-state index is 9.50. The zero-order chi connectivity index (χ0) is 11.7. The highest BCUT2D eigenvalue weighted by molar-refractivity contribution is 4.65. The normalized spacial score (nSPS) is 14.2. The summed E-state index contributed by atoms with van der Waals surface area (Å²) in [6, 6.07) is 0. The van der Waals surface area contributed by atoms with Gasteiger partial charge in [-0.1, -0.05) is 20.8 Å². The molecule has 15 heavy (non-hydrogen) atoms. The first-order chi connectivity index (χ1) is 6.95. The Morgan fingerprint density at radius 2 is 2.00 bits per heavy atom. The van der Waals surface area contributed by atoms with Crippen molar-refractivity contribution >= 4 is 0 Å². The molecule has 1 radical (unpaired) electrons. The summed E-state index contributed by atoms with van der Waals surface area (Å²) in [6.07, 6.45) is 2.28. The summed E-state index contributed by atoms with van der Waals surface area (Å²) in [5.41, 5.74) is 0.334. The number of hydrogen-bond acceptors (Lipinski definition) is 3. The molecule has 0 aliphatic rings. The molecule has 0 rings (SSSR count). The highest BCUT2D eigenvalue weighted by atomic mass is 16.5. The van der Waals surface area contributed by atoms with Gasteiger partial charge >= 0.3 is 0 Å². The summed E-state index contributed by atoms with van der Waals surface area (Å²) >= 11 is 0. The number of ether oxygens (including phenoxy) is 1. The lowest BCUT2D eigenvalue weighted by Gasteiger charge is -2.19. The van der Waals surface area contributed by atoms with E-state index in [0.29, 0.717) is 18.4 Å². The molecule has 0 aromatic heterocycles. The molecule has 0 aromatic carbocycles. The Morgan fingerprint density at radius 1 is 1.33 bits per heavy atom. The van der Waals surface area contributed by atoms with Gasteiger partial charge in [0.1, 0.15) is 0 Å². The Kier molecular flexibility index (Phi) is 8.02. The molecule has 0 saturated carbocycles. The second-order valence-corrected chi connectivity index (χ2v) is 5.23. The molecule has 91 valence electrons. The number of rotatable bonds is 8. The van der Waals surface area contributed by atoms with E-state index in [4.69, 9.17) is 0 Å². The fraction of sp³-hybridized carbons (Fsp3) is 0.917. The summed E-state index contributed by atoms with van der Waals surface area (Å²) in [6.45, 7) is 9.16. The first-order valence-electron chi connectivity index (χ1n) is 5.71. The lowest BCUT2D eigenvalue weighted by atomic mass is 9.97. The molecular weight excluding hydrogens is 190 g/mol. The lowest BCUT2D eigenvalue weighted by molar-refractivity contribution is 0.114. The van der Waals surface area contributed by atoms with Gasteiger partial charge in [0, 0.05) is 6.61 Å². The third-order valence-electron chi connectivity index (χ3n) is 2.14. The maximum atomic E-state index is 9.50. The van der Waals surface area contributed by atoms with Gasteiger partial charge in [-0.15, -0.1) is 0 Å². The van der Waals surface area contributed by atoms with Crippen molar-refractivity contribution in [2.24, 2.45) is 5.41 Å². The van der Waals surface area contributed by atoms with Crippen molar-refractivity contribution in [1.82, 2.24) is 5.32 Å². The SMILES string of the molecule is [CH2]OCC[C@@H](O)CCCNCC(C)(C)C. The molecule has 0 unspecified atom stereocenters. The number of aliphatic hydroxyl groups excluding tert-OH is 1. The fourth-order valence-electron chi connectivity index (χ4n) is 1.29. The molecule has 0 heterocycles. The molecule has 1 atom stereocenters. The molecule has 3 heteroatoms. The van der Waals surface area contributed by atoms with E-state index in [2.05, 4.69) is 37.9 Å². The van der Waals surface area contributed by atoms with Gasteiger partial charge in [-0.25, -0.2) is 0 Å². The standard InChI is InChI=1S/C12H26NO2/c1-12(2,3)10-13-8-5-6-11(14)7-9-15-4/h11,13-14H,4-10H2,1-3H3/t11-/m0/s1. The van der Waals surface area contributed by atoms with Crippen LogP contribution in [0.4, 0.5) is 0 Å². The molecule has 0 aromatic rings. The van der Waals surface area contributed by atoms with Gasteiger partial charge < -0.3 is 15.2 Å². The minimum Gasteiger partial charge on any atom is -0.393 e. The van der Waals surface area contributed by atoms with E-state index in [1.165, 1.54) is 0 Å². The van der Waals surface area contributed by atoms with E-state index in [1.807, 2.05) is 0 Å². The molecule has 0 aliphatic carbocycles. The monoisotopic (exact) mass is 216 g/mol. The molecular formula is C12H26NO2. The molecule has 0 fully saturated rings. The largest absolute Gasteiger partial charge is 0.393 e. The summed E-state index contributed by atoms with van der Waals surface area (Å²) in [7, 11) is 3.27. The lowest BCUT2D eigenvalue weighted by Crippen LogP contribution is -2.28. The molecule has 0 saturated heterocycles. The minimum atomic E-state index is -0.247. The third-order valence-corrected chi connectivity index (χ3v) is 2.14. The second-order valence-electron chi connectivity index (χ2n) is 5.23. The number of nitrogens with one attached hydrogen (secondary N) is 1. The van der Waals surface area contributed by atoms with Crippen molar-refractivity contribution in [2.75, 3.05) is 19.7 Å². The Bertz CT molecular complexity index is 143. The first kappa shape index (κ1) is 14.9. The van der Waals surface area contributed by atoms with Gasteiger partial charge in [0.25, 0.3) is 0 Å². The third kappa shape index (κ3) is 11.8. The summed E-state index contributed by atoms with van der Waals surface area (Å²) in [4.78, 5) is 0. The molecule has 0 aliphatic heterocycles. The smallest absolute Gasteiger partial charge is 0.0700 e. The van der Waals surface area contributed by atoms with Crippen LogP contribution >= 0.6 is 0 Å². The molecule has 3 nitrogen and oxygen atoms in total. The Hall–Kier alpha value is -0.120. The van der Waals surface area contributed by atoms with E-state index in [1.54, 1.807) is 0 Å². The highest BCUT2D eigenvalue weighted by Crippen LogP contribution is 2.10. The predicted octanol–water partition coefficient (Wildman–Crippen LogP) is 1.96. The van der Waals surface area contributed by atoms with Gasteiger partial charge in [0.2, 0.25) is 0 Å². The van der Waals surface area contributed by atoms with E-state index in [0.717, 1.165) is 25.9 Å². The van der Waals surface area contributed by atoms with Crippen molar-refractivity contribution in [2.45, 2.75) is 46.1 Å². The maximum Gasteiger partial charge on any atom is 0.0700 e. The Balaban J connectivity index is 3.23. The Morgan fingerprint density at radius 3 is 2.53 bits per heavy atom. The van der Waals surface area contributed by atoms with E-state index in [9.17, 15) is 5.11 Å². The van der Waals surface area contributed by atoms with Crippen LogP contribution in [0.3, 0.4) is 0 Å². The van der Waals surface area contributed by atoms with Gasteiger partial charge in [-0.3, -0.25) is 0 Å². The zero-order valence-corrected chi connectivity index (χ0v) is 10.4. The summed E-state index contributed by atoms with van der Waals surface area (Å²) in [5.74, 6) is 0. The minimum absolute atomic E-state index is 0.247. The predicted molar refractivity (Wildman–Crippen MR) is 63.5 cm³/mol. The Labute approximate surface area is 94.2 Å². The summed E-state index contributed by atoms with van der Waals surface area (Å²) in [5, 5.41) is 12.9. The number of aliphatic hydroxyl groups is 1. The quantitative estimate of drug-likeness (QED) is 0.609.